The van der Waals surface area contributed by atoms with E-state index < -0.39 is 10.0 Å². The fourth-order valence-corrected chi connectivity index (χ4v) is 3.47. The summed E-state index contributed by atoms with van der Waals surface area (Å²) in [4.78, 5) is 25.0. The molecule has 0 aliphatic carbocycles. The number of imidazole rings is 1. The zero-order chi connectivity index (χ0) is 19.6. The molecular formula is C18H20N4O4S. The van der Waals surface area contributed by atoms with Gasteiger partial charge in [-0.3, -0.25) is 18.7 Å². The van der Waals surface area contributed by atoms with E-state index in [1.54, 1.807) is 28.8 Å². The van der Waals surface area contributed by atoms with Crippen LogP contribution in [0.25, 0.3) is 11.0 Å². The van der Waals surface area contributed by atoms with E-state index in [1.807, 2.05) is 31.2 Å². The summed E-state index contributed by atoms with van der Waals surface area (Å²) in [6.45, 7) is 2.28. The zero-order valence-corrected chi connectivity index (χ0v) is 15.8. The maximum atomic E-state index is 12.6. The van der Waals surface area contributed by atoms with E-state index in [0.717, 1.165) is 11.8 Å². The number of anilines is 2. The molecule has 2 aromatic carbocycles. The molecule has 3 rings (SSSR count). The standard InChI is InChI=1S/C18H20N4O4S/c1-3-21-15-6-4-5-7-16(15)22(18(21)24)12-17(23)19-13-8-10-14(11-9-13)20-27(2,25)26/h4-11,20H,3,12H2,1-2H3,(H,19,23). The molecule has 0 bridgehead atoms. The number of fused-ring (bicyclic) bond motifs is 1. The molecule has 0 saturated carbocycles. The Labute approximate surface area is 156 Å². The van der Waals surface area contributed by atoms with Crippen LogP contribution < -0.4 is 15.7 Å². The highest BCUT2D eigenvalue weighted by Gasteiger charge is 2.14. The summed E-state index contributed by atoms with van der Waals surface area (Å²) >= 11 is 0. The molecule has 2 N–H and O–H groups in total. The highest BCUT2D eigenvalue weighted by Crippen LogP contribution is 2.16. The van der Waals surface area contributed by atoms with Crippen molar-refractivity contribution in [1.29, 1.82) is 0 Å². The fourth-order valence-electron chi connectivity index (χ4n) is 2.91. The summed E-state index contributed by atoms with van der Waals surface area (Å²) in [5.41, 5.74) is 2.16. The summed E-state index contributed by atoms with van der Waals surface area (Å²) in [6, 6.07) is 13.6. The van der Waals surface area contributed by atoms with Gasteiger partial charge in [0, 0.05) is 17.9 Å². The third kappa shape index (κ3) is 4.20. The predicted molar refractivity (Wildman–Crippen MR) is 105 cm³/mol. The molecule has 0 radical (unpaired) electrons. The van der Waals surface area contributed by atoms with Gasteiger partial charge in [0.15, 0.2) is 0 Å². The summed E-state index contributed by atoms with van der Waals surface area (Å²) in [5, 5.41) is 2.71. The maximum absolute atomic E-state index is 12.6. The molecule has 0 aliphatic rings. The topological polar surface area (TPSA) is 102 Å². The molecule has 0 atom stereocenters. The average molecular weight is 388 g/mol. The Morgan fingerprint density at radius 2 is 1.52 bits per heavy atom. The SMILES string of the molecule is CCn1c(=O)n(CC(=O)Nc2ccc(NS(C)(=O)=O)cc2)c2ccccc21. The number of hydrogen-bond acceptors (Lipinski definition) is 4. The lowest BCUT2D eigenvalue weighted by Crippen LogP contribution is -2.29. The van der Waals surface area contributed by atoms with Crippen LogP contribution in [0, 0.1) is 0 Å². The second-order valence-corrected chi connectivity index (χ2v) is 7.85. The van der Waals surface area contributed by atoms with Crippen molar-refractivity contribution < 1.29 is 13.2 Å². The van der Waals surface area contributed by atoms with E-state index >= 15 is 0 Å². The highest BCUT2D eigenvalue weighted by molar-refractivity contribution is 7.92. The average Bonchev–Trinajstić information content (AvgIpc) is 2.87. The van der Waals surface area contributed by atoms with Crippen LogP contribution in [0.3, 0.4) is 0 Å². The number of para-hydroxylation sites is 2. The van der Waals surface area contributed by atoms with Gasteiger partial charge in [0.1, 0.15) is 6.54 Å². The Morgan fingerprint density at radius 1 is 0.963 bits per heavy atom. The van der Waals surface area contributed by atoms with Crippen LogP contribution in [-0.4, -0.2) is 29.7 Å². The molecule has 0 fully saturated rings. The Bertz CT molecular complexity index is 1140. The molecule has 0 unspecified atom stereocenters. The van der Waals surface area contributed by atoms with Crippen molar-refractivity contribution in [3.05, 3.63) is 59.0 Å². The lowest BCUT2D eigenvalue weighted by Gasteiger charge is -2.08. The van der Waals surface area contributed by atoms with E-state index in [9.17, 15) is 18.0 Å². The number of aromatic nitrogens is 2. The molecule has 1 aromatic heterocycles. The number of nitrogens with one attached hydrogen (secondary N) is 2. The molecule has 27 heavy (non-hydrogen) atoms. The van der Waals surface area contributed by atoms with Crippen LogP contribution in [0.2, 0.25) is 0 Å². The first-order valence-electron chi connectivity index (χ1n) is 8.34. The first kappa shape index (κ1) is 18.7. The van der Waals surface area contributed by atoms with Crippen molar-refractivity contribution in [3.63, 3.8) is 0 Å². The summed E-state index contributed by atoms with van der Waals surface area (Å²) in [7, 11) is -3.36. The minimum atomic E-state index is -3.36. The molecule has 3 aromatic rings. The van der Waals surface area contributed by atoms with Crippen molar-refractivity contribution in [2.24, 2.45) is 0 Å². The first-order valence-corrected chi connectivity index (χ1v) is 10.2. The summed E-state index contributed by atoms with van der Waals surface area (Å²) in [6.07, 6.45) is 1.06. The number of carbonyl (C=O) groups excluding carboxylic acids is 1. The van der Waals surface area contributed by atoms with Crippen LogP contribution in [-0.2, 0) is 27.9 Å². The monoisotopic (exact) mass is 388 g/mol. The van der Waals surface area contributed by atoms with Crippen molar-refractivity contribution in [1.82, 2.24) is 9.13 Å². The van der Waals surface area contributed by atoms with E-state index in [2.05, 4.69) is 10.0 Å². The Kier molecular flexibility index (Phi) is 5.04. The molecule has 8 nitrogen and oxygen atoms in total. The Balaban J connectivity index is 1.78. The maximum Gasteiger partial charge on any atom is 0.329 e. The van der Waals surface area contributed by atoms with Crippen LogP contribution >= 0.6 is 0 Å². The Morgan fingerprint density at radius 3 is 2.07 bits per heavy atom. The third-order valence-electron chi connectivity index (χ3n) is 4.01. The van der Waals surface area contributed by atoms with E-state index in [0.29, 0.717) is 23.4 Å². The van der Waals surface area contributed by atoms with Gasteiger partial charge >= 0.3 is 5.69 Å². The highest BCUT2D eigenvalue weighted by atomic mass is 32.2. The van der Waals surface area contributed by atoms with Gasteiger partial charge in [0.2, 0.25) is 15.9 Å². The van der Waals surface area contributed by atoms with Gasteiger partial charge in [-0.15, -0.1) is 0 Å². The second-order valence-electron chi connectivity index (χ2n) is 6.10. The van der Waals surface area contributed by atoms with Gasteiger partial charge in [-0.25, -0.2) is 13.2 Å². The number of aryl methyl sites for hydroxylation is 1. The van der Waals surface area contributed by atoms with Gasteiger partial charge in [-0.05, 0) is 43.3 Å². The van der Waals surface area contributed by atoms with Crippen molar-refractivity contribution >= 4 is 38.3 Å². The minimum Gasteiger partial charge on any atom is -0.325 e. The molecule has 142 valence electrons. The lowest BCUT2D eigenvalue weighted by molar-refractivity contribution is -0.116. The normalized spacial score (nSPS) is 11.5. The van der Waals surface area contributed by atoms with Crippen molar-refractivity contribution in [2.75, 3.05) is 16.3 Å². The number of rotatable bonds is 6. The van der Waals surface area contributed by atoms with Gasteiger partial charge in [-0.1, -0.05) is 12.1 Å². The van der Waals surface area contributed by atoms with Crippen LogP contribution in [0.4, 0.5) is 11.4 Å². The van der Waals surface area contributed by atoms with Crippen LogP contribution in [0.1, 0.15) is 6.92 Å². The van der Waals surface area contributed by atoms with Crippen molar-refractivity contribution in [3.8, 4) is 0 Å². The number of amides is 1. The smallest absolute Gasteiger partial charge is 0.325 e. The van der Waals surface area contributed by atoms with Gasteiger partial charge in [-0.2, -0.15) is 0 Å². The van der Waals surface area contributed by atoms with Crippen LogP contribution in [0.5, 0.6) is 0 Å². The summed E-state index contributed by atoms with van der Waals surface area (Å²) < 4.78 is 27.8. The van der Waals surface area contributed by atoms with Crippen molar-refractivity contribution in [2.45, 2.75) is 20.0 Å². The van der Waals surface area contributed by atoms with Gasteiger partial charge in [0.25, 0.3) is 0 Å². The first-order chi connectivity index (χ1) is 12.8. The van der Waals surface area contributed by atoms with E-state index in [1.165, 1.54) is 4.57 Å². The van der Waals surface area contributed by atoms with Crippen LogP contribution in [0.15, 0.2) is 53.3 Å². The minimum absolute atomic E-state index is 0.115. The van der Waals surface area contributed by atoms with Gasteiger partial charge in [0.05, 0.1) is 17.3 Å². The quantitative estimate of drug-likeness (QED) is 0.672. The molecule has 1 heterocycles. The van der Waals surface area contributed by atoms with Gasteiger partial charge < -0.3 is 5.32 Å². The molecule has 0 saturated heterocycles. The molecular weight excluding hydrogens is 368 g/mol. The van der Waals surface area contributed by atoms with E-state index in [4.69, 9.17) is 0 Å². The molecule has 1 amide bonds. The predicted octanol–water partition coefficient (Wildman–Crippen LogP) is 1.83. The largest absolute Gasteiger partial charge is 0.329 e. The number of benzene rings is 2. The Hall–Kier alpha value is -3.07. The molecule has 0 spiro atoms. The third-order valence-corrected chi connectivity index (χ3v) is 4.62. The number of carbonyl (C=O) groups is 1. The zero-order valence-electron chi connectivity index (χ0n) is 15.0. The molecule has 9 heteroatoms. The lowest BCUT2D eigenvalue weighted by atomic mass is 10.3. The number of hydrogen-bond donors (Lipinski definition) is 2. The molecule has 0 aliphatic heterocycles. The fraction of sp³-hybridized carbons (Fsp3) is 0.222. The second kappa shape index (κ2) is 7.28. The number of nitrogens with zero attached hydrogens (tertiary/aromatic N) is 2. The summed E-state index contributed by atoms with van der Waals surface area (Å²) in [5.74, 6) is -0.347. The van der Waals surface area contributed by atoms with E-state index in [-0.39, 0.29) is 18.1 Å². The number of sulfonamides is 1.